The standard InChI is InChI=1S/C14H15F2N/c15-11-8-13(16)12(14(17)9-11)7-6-10-4-2-1-3-5-10/h2,4,6-10H,1,3,5,17H2/b7-6+. The van der Waals surface area contributed by atoms with Crippen LogP contribution in [0.4, 0.5) is 14.5 Å². The second kappa shape index (κ2) is 5.13. The largest absolute Gasteiger partial charge is 0.398 e. The Kier molecular flexibility index (Phi) is 3.57. The number of nitrogens with two attached hydrogens (primary N) is 1. The average Bonchev–Trinajstić information content (AvgIpc) is 2.29. The number of anilines is 1. The van der Waals surface area contributed by atoms with Crippen LogP contribution in [-0.4, -0.2) is 0 Å². The molecule has 2 rings (SSSR count). The molecule has 1 aromatic carbocycles. The molecule has 0 aromatic heterocycles. The van der Waals surface area contributed by atoms with Crippen LogP contribution in [0.3, 0.4) is 0 Å². The highest BCUT2D eigenvalue weighted by Gasteiger charge is 2.08. The summed E-state index contributed by atoms with van der Waals surface area (Å²) in [6, 6.07) is 1.99. The molecule has 1 nitrogen and oxygen atoms in total. The summed E-state index contributed by atoms with van der Waals surface area (Å²) in [4.78, 5) is 0. The highest BCUT2D eigenvalue weighted by molar-refractivity contribution is 5.65. The quantitative estimate of drug-likeness (QED) is 0.610. The molecular weight excluding hydrogens is 220 g/mol. The minimum absolute atomic E-state index is 0.138. The van der Waals surface area contributed by atoms with Crippen molar-refractivity contribution in [3.63, 3.8) is 0 Å². The van der Waals surface area contributed by atoms with Gasteiger partial charge >= 0.3 is 0 Å². The highest BCUT2D eigenvalue weighted by atomic mass is 19.1. The summed E-state index contributed by atoms with van der Waals surface area (Å²) in [6.07, 6.45) is 11.1. The van der Waals surface area contributed by atoms with Crippen LogP contribution in [0.25, 0.3) is 6.08 Å². The van der Waals surface area contributed by atoms with Gasteiger partial charge in [-0.05, 0) is 31.2 Å². The zero-order chi connectivity index (χ0) is 12.3. The SMILES string of the molecule is Nc1cc(F)cc(F)c1/C=C/C1C=CCCC1. The third-order valence-corrected chi connectivity index (χ3v) is 2.93. The van der Waals surface area contributed by atoms with Crippen molar-refractivity contribution in [2.45, 2.75) is 19.3 Å². The van der Waals surface area contributed by atoms with Crippen molar-refractivity contribution in [1.29, 1.82) is 0 Å². The van der Waals surface area contributed by atoms with Crippen LogP contribution in [0.5, 0.6) is 0 Å². The Morgan fingerprint density at radius 1 is 1.29 bits per heavy atom. The summed E-state index contributed by atoms with van der Waals surface area (Å²) in [5.41, 5.74) is 5.99. The van der Waals surface area contributed by atoms with Crippen molar-refractivity contribution in [3.8, 4) is 0 Å². The molecule has 1 unspecified atom stereocenters. The van der Waals surface area contributed by atoms with Crippen LogP contribution in [0, 0.1) is 17.6 Å². The van der Waals surface area contributed by atoms with Crippen LogP contribution >= 0.6 is 0 Å². The van der Waals surface area contributed by atoms with Crippen LogP contribution in [0.15, 0.2) is 30.4 Å². The number of benzene rings is 1. The topological polar surface area (TPSA) is 26.0 Å². The van der Waals surface area contributed by atoms with E-state index >= 15 is 0 Å². The first kappa shape index (κ1) is 11.8. The minimum atomic E-state index is -0.644. The zero-order valence-corrected chi connectivity index (χ0v) is 9.50. The van der Waals surface area contributed by atoms with Crippen molar-refractivity contribution in [3.05, 3.63) is 47.6 Å². The summed E-state index contributed by atoms with van der Waals surface area (Å²) in [5, 5.41) is 0. The molecule has 1 atom stereocenters. The summed E-state index contributed by atoms with van der Waals surface area (Å²) in [5.74, 6) is -0.930. The summed E-state index contributed by atoms with van der Waals surface area (Å²) in [7, 11) is 0. The van der Waals surface area contributed by atoms with E-state index in [-0.39, 0.29) is 11.3 Å². The van der Waals surface area contributed by atoms with Gasteiger partial charge in [-0.2, -0.15) is 0 Å². The number of allylic oxidation sites excluding steroid dienone is 3. The maximum atomic E-state index is 13.5. The van der Waals surface area contributed by atoms with E-state index in [1.54, 1.807) is 6.08 Å². The molecule has 2 N–H and O–H groups in total. The van der Waals surface area contributed by atoms with E-state index in [4.69, 9.17) is 5.73 Å². The fourth-order valence-electron chi connectivity index (χ4n) is 2.00. The van der Waals surface area contributed by atoms with Crippen LogP contribution in [0.2, 0.25) is 0 Å². The molecule has 17 heavy (non-hydrogen) atoms. The Morgan fingerprint density at radius 2 is 2.12 bits per heavy atom. The van der Waals surface area contributed by atoms with Gasteiger partial charge in [-0.1, -0.05) is 24.3 Å². The Bertz CT molecular complexity index is 440. The Morgan fingerprint density at radius 3 is 2.76 bits per heavy atom. The van der Waals surface area contributed by atoms with Crippen LogP contribution in [0.1, 0.15) is 24.8 Å². The predicted molar refractivity (Wildman–Crippen MR) is 66.3 cm³/mol. The lowest BCUT2D eigenvalue weighted by Crippen LogP contribution is -1.98. The monoisotopic (exact) mass is 235 g/mol. The Balaban J connectivity index is 2.20. The number of hydrogen-bond donors (Lipinski definition) is 1. The third-order valence-electron chi connectivity index (χ3n) is 2.93. The molecule has 0 saturated carbocycles. The van der Waals surface area contributed by atoms with E-state index in [2.05, 4.69) is 12.2 Å². The molecule has 90 valence electrons. The van der Waals surface area contributed by atoms with Crippen molar-refractivity contribution in [2.75, 3.05) is 5.73 Å². The third kappa shape index (κ3) is 2.93. The summed E-state index contributed by atoms with van der Waals surface area (Å²) >= 11 is 0. The van der Waals surface area contributed by atoms with Gasteiger partial charge in [-0.15, -0.1) is 0 Å². The maximum Gasteiger partial charge on any atom is 0.135 e. The fourth-order valence-corrected chi connectivity index (χ4v) is 2.00. The Hall–Kier alpha value is -1.64. The van der Waals surface area contributed by atoms with E-state index in [0.717, 1.165) is 31.4 Å². The first-order valence-corrected chi connectivity index (χ1v) is 5.76. The fraction of sp³-hybridized carbons (Fsp3) is 0.286. The van der Waals surface area contributed by atoms with Gasteiger partial charge in [-0.3, -0.25) is 0 Å². The molecule has 0 amide bonds. The first-order valence-electron chi connectivity index (χ1n) is 5.76. The van der Waals surface area contributed by atoms with Crippen molar-refractivity contribution in [1.82, 2.24) is 0 Å². The first-order chi connectivity index (χ1) is 8.16. The van der Waals surface area contributed by atoms with Gasteiger partial charge in [-0.25, -0.2) is 8.78 Å². The van der Waals surface area contributed by atoms with Gasteiger partial charge in [0, 0.05) is 17.3 Å². The lowest BCUT2D eigenvalue weighted by atomic mass is 9.95. The molecule has 0 fully saturated rings. The molecule has 0 saturated heterocycles. The second-order valence-electron chi connectivity index (χ2n) is 4.27. The molecule has 1 aliphatic carbocycles. The van der Waals surface area contributed by atoms with E-state index in [0.29, 0.717) is 5.92 Å². The van der Waals surface area contributed by atoms with Gasteiger partial charge < -0.3 is 5.73 Å². The molecule has 3 heteroatoms. The molecule has 0 bridgehead atoms. The van der Waals surface area contributed by atoms with Crippen LogP contribution in [-0.2, 0) is 0 Å². The molecule has 0 radical (unpaired) electrons. The molecule has 0 heterocycles. The number of hydrogen-bond acceptors (Lipinski definition) is 1. The van der Waals surface area contributed by atoms with E-state index in [1.165, 1.54) is 0 Å². The van der Waals surface area contributed by atoms with Gasteiger partial charge in [0.2, 0.25) is 0 Å². The number of nitrogen functional groups attached to an aromatic ring is 1. The zero-order valence-electron chi connectivity index (χ0n) is 9.50. The van der Waals surface area contributed by atoms with E-state index in [1.807, 2.05) is 6.08 Å². The van der Waals surface area contributed by atoms with Crippen LogP contribution < -0.4 is 5.73 Å². The minimum Gasteiger partial charge on any atom is -0.398 e. The molecule has 0 spiro atoms. The normalized spacial score (nSPS) is 20.0. The molecule has 0 aliphatic heterocycles. The van der Waals surface area contributed by atoms with Gasteiger partial charge in [0.15, 0.2) is 0 Å². The van der Waals surface area contributed by atoms with Crippen molar-refractivity contribution >= 4 is 11.8 Å². The highest BCUT2D eigenvalue weighted by Crippen LogP contribution is 2.23. The molecule has 1 aliphatic rings. The lowest BCUT2D eigenvalue weighted by molar-refractivity contribution is 0.582. The van der Waals surface area contributed by atoms with E-state index in [9.17, 15) is 8.78 Å². The van der Waals surface area contributed by atoms with Gasteiger partial charge in [0.25, 0.3) is 0 Å². The average molecular weight is 235 g/mol. The maximum absolute atomic E-state index is 13.5. The predicted octanol–water partition coefficient (Wildman–Crippen LogP) is 3.92. The van der Waals surface area contributed by atoms with E-state index < -0.39 is 11.6 Å². The number of rotatable bonds is 2. The molecule has 1 aromatic rings. The summed E-state index contributed by atoms with van der Waals surface area (Å²) < 4.78 is 26.3. The lowest BCUT2D eigenvalue weighted by Gasteiger charge is -2.11. The van der Waals surface area contributed by atoms with Gasteiger partial charge in [0.1, 0.15) is 11.6 Å². The number of halogens is 2. The molecular formula is C14H15F2N. The summed E-state index contributed by atoms with van der Waals surface area (Å²) in [6.45, 7) is 0. The smallest absolute Gasteiger partial charge is 0.135 e. The van der Waals surface area contributed by atoms with Crippen molar-refractivity contribution < 1.29 is 8.78 Å². The van der Waals surface area contributed by atoms with Crippen molar-refractivity contribution in [2.24, 2.45) is 5.92 Å². The van der Waals surface area contributed by atoms with Gasteiger partial charge in [0.05, 0.1) is 0 Å². The Labute approximate surface area is 99.6 Å². The second-order valence-corrected chi connectivity index (χ2v) is 4.27.